The molecule has 0 atom stereocenters. The molecule has 0 aliphatic carbocycles. The van der Waals surface area contributed by atoms with Crippen LogP contribution in [0.15, 0.2) is 21.7 Å². The molecule has 0 saturated carbocycles. The van der Waals surface area contributed by atoms with Crippen molar-refractivity contribution in [3.05, 3.63) is 27.2 Å². The molecular formula is C8H10BrClN2O. The molecular weight excluding hydrogens is 255 g/mol. The minimum Gasteiger partial charge on any atom is -0.427 e. The molecule has 5 heteroatoms. The Kier molecular flexibility index (Phi) is 3.39. The second-order valence-corrected chi connectivity index (χ2v) is 4.16. The number of aromatic nitrogens is 1. The lowest BCUT2D eigenvalue weighted by Crippen LogP contribution is -2.19. The third-order valence-electron chi connectivity index (χ3n) is 1.34. The summed E-state index contributed by atoms with van der Waals surface area (Å²) in [6, 6.07) is 1.80. The zero-order chi connectivity index (χ0) is 10.0. The molecule has 0 bridgehead atoms. The fraction of sp³-hybridized carbons (Fsp3) is 0.375. The van der Waals surface area contributed by atoms with Crippen LogP contribution in [-0.4, -0.2) is 16.0 Å². The summed E-state index contributed by atoms with van der Waals surface area (Å²) in [4.78, 5) is 4.19. The summed E-state index contributed by atoms with van der Waals surface area (Å²) >= 11 is 9.01. The highest BCUT2D eigenvalue weighted by molar-refractivity contribution is 9.10. The molecule has 0 spiro atoms. The van der Waals surface area contributed by atoms with Gasteiger partial charge < -0.3 is 5.21 Å². The first kappa shape index (κ1) is 10.6. The quantitative estimate of drug-likeness (QED) is 0.778. The normalized spacial score (nSPS) is 12.5. The predicted octanol–water partition coefficient (Wildman–Crippen LogP) is 2.45. The van der Waals surface area contributed by atoms with Gasteiger partial charge in [0.25, 0.3) is 0 Å². The van der Waals surface area contributed by atoms with Crippen LogP contribution in [0.4, 0.5) is 0 Å². The van der Waals surface area contributed by atoms with Gasteiger partial charge in [-0.05, 0) is 35.8 Å². The van der Waals surface area contributed by atoms with Gasteiger partial charge in [-0.1, -0.05) is 11.6 Å². The maximum atomic E-state index is 9.38. The van der Waals surface area contributed by atoms with E-state index in [4.69, 9.17) is 11.6 Å². The molecule has 3 nitrogen and oxygen atoms in total. The highest BCUT2D eigenvalue weighted by Gasteiger charge is 2.00. The molecule has 0 amide bonds. The van der Waals surface area contributed by atoms with E-state index in [0.717, 1.165) is 9.20 Å². The van der Waals surface area contributed by atoms with Crippen LogP contribution < -0.4 is 5.49 Å². The van der Waals surface area contributed by atoms with Crippen LogP contribution in [0.3, 0.4) is 0 Å². The number of pyridine rings is 1. The topological polar surface area (TPSA) is 37.5 Å². The molecule has 0 saturated heterocycles. The Balaban J connectivity index is 3.32. The van der Waals surface area contributed by atoms with Gasteiger partial charge in [-0.3, -0.25) is 4.99 Å². The van der Waals surface area contributed by atoms with Crippen LogP contribution in [0, 0.1) is 0 Å². The fourth-order valence-corrected chi connectivity index (χ4v) is 1.30. The van der Waals surface area contributed by atoms with E-state index in [1.54, 1.807) is 6.07 Å². The van der Waals surface area contributed by atoms with Crippen LogP contribution in [-0.2, 0) is 0 Å². The van der Waals surface area contributed by atoms with E-state index in [0.29, 0.717) is 10.5 Å². The molecule has 1 aromatic heterocycles. The van der Waals surface area contributed by atoms with E-state index in [1.807, 2.05) is 13.8 Å². The SMILES string of the molecule is CC(C)N=c1cc(Br)c(Cl)cn1O. The lowest BCUT2D eigenvalue weighted by molar-refractivity contribution is 0.171. The monoisotopic (exact) mass is 264 g/mol. The minimum absolute atomic E-state index is 0.131. The smallest absolute Gasteiger partial charge is 0.164 e. The Morgan fingerprint density at radius 3 is 2.77 bits per heavy atom. The van der Waals surface area contributed by atoms with Gasteiger partial charge in [0.15, 0.2) is 5.49 Å². The van der Waals surface area contributed by atoms with E-state index in [1.165, 1.54) is 6.20 Å². The highest BCUT2D eigenvalue weighted by atomic mass is 79.9. The van der Waals surface area contributed by atoms with Gasteiger partial charge in [0.2, 0.25) is 0 Å². The predicted molar refractivity (Wildman–Crippen MR) is 55.0 cm³/mol. The van der Waals surface area contributed by atoms with E-state index in [-0.39, 0.29) is 6.04 Å². The fourth-order valence-electron chi connectivity index (χ4n) is 0.845. The number of nitrogens with zero attached hydrogens (tertiary/aromatic N) is 2. The second kappa shape index (κ2) is 4.15. The molecule has 1 N–H and O–H groups in total. The van der Waals surface area contributed by atoms with Crippen molar-refractivity contribution in [2.45, 2.75) is 19.9 Å². The Bertz CT molecular complexity index is 373. The summed E-state index contributed by atoms with van der Waals surface area (Å²) in [5.41, 5.74) is 0.478. The summed E-state index contributed by atoms with van der Waals surface area (Å²) in [6.07, 6.45) is 1.40. The maximum absolute atomic E-state index is 9.38. The largest absolute Gasteiger partial charge is 0.427 e. The van der Waals surface area contributed by atoms with Crippen LogP contribution in [0.5, 0.6) is 0 Å². The van der Waals surface area contributed by atoms with Crippen molar-refractivity contribution in [1.29, 1.82) is 0 Å². The standard InChI is InChI=1S/C8H10BrClN2O/c1-5(2)11-8-3-6(9)7(10)4-12(8)13/h3-5,13H,1-2H3. The van der Waals surface area contributed by atoms with Gasteiger partial charge in [-0.2, -0.15) is 4.73 Å². The van der Waals surface area contributed by atoms with Crippen molar-refractivity contribution in [3.63, 3.8) is 0 Å². The molecule has 0 unspecified atom stereocenters. The zero-order valence-corrected chi connectivity index (χ0v) is 9.67. The van der Waals surface area contributed by atoms with E-state index in [9.17, 15) is 5.21 Å². The summed E-state index contributed by atoms with van der Waals surface area (Å²) in [7, 11) is 0. The number of halogens is 2. The molecule has 0 radical (unpaired) electrons. The maximum Gasteiger partial charge on any atom is 0.164 e. The third kappa shape index (κ3) is 2.74. The summed E-state index contributed by atoms with van der Waals surface area (Å²) in [5.74, 6) is 0. The molecule has 72 valence electrons. The lowest BCUT2D eigenvalue weighted by Gasteiger charge is -2.02. The van der Waals surface area contributed by atoms with Gasteiger partial charge in [-0.15, -0.1) is 0 Å². The van der Waals surface area contributed by atoms with Crippen LogP contribution in [0.1, 0.15) is 13.8 Å². The van der Waals surface area contributed by atoms with Crippen molar-refractivity contribution in [3.8, 4) is 0 Å². The Labute approximate surface area is 89.8 Å². The first-order valence-electron chi connectivity index (χ1n) is 3.81. The van der Waals surface area contributed by atoms with Crippen LogP contribution in [0.25, 0.3) is 0 Å². The Morgan fingerprint density at radius 2 is 2.23 bits per heavy atom. The highest BCUT2D eigenvalue weighted by Crippen LogP contribution is 2.18. The van der Waals surface area contributed by atoms with Gasteiger partial charge >= 0.3 is 0 Å². The Hall–Kier alpha value is -0.480. The van der Waals surface area contributed by atoms with Crippen molar-refractivity contribution in [1.82, 2.24) is 4.73 Å². The van der Waals surface area contributed by atoms with Crippen molar-refractivity contribution < 1.29 is 5.21 Å². The number of rotatable bonds is 1. The first-order chi connectivity index (χ1) is 6.00. The third-order valence-corrected chi connectivity index (χ3v) is 2.53. The molecule has 13 heavy (non-hydrogen) atoms. The van der Waals surface area contributed by atoms with Crippen molar-refractivity contribution in [2.75, 3.05) is 0 Å². The van der Waals surface area contributed by atoms with Gasteiger partial charge in [0.05, 0.1) is 11.2 Å². The van der Waals surface area contributed by atoms with Crippen molar-refractivity contribution in [2.24, 2.45) is 4.99 Å². The number of hydrogen-bond acceptors (Lipinski definition) is 2. The Morgan fingerprint density at radius 1 is 1.62 bits per heavy atom. The summed E-state index contributed by atoms with van der Waals surface area (Å²) in [5, 5.41) is 9.83. The van der Waals surface area contributed by atoms with E-state index in [2.05, 4.69) is 20.9 Å². The van der Waals surface area contributed by atoms with Crippen LogP contribution >= 0.6 is 27.5 Å². The van der Waals surface area contributed by atoms with Gasteiger partial charge in [0, 0.05) is 10.5 Å². The second-order valence-electron chi connectivity index (χ2n) is 2.89. The number of hydrogen-bond donors (Lipinski definition) is 1. The molecule has 0 aliphatic rings. The lowest BCUT2D eigenvalue weighted by atomic mass is 10.4. The molecule has 0 aromatic carbocycles. The molecule has 0 aliphatic heterocycles. The summed E-state index contributed by atoms with van der Waals surface area (Å²) < 4.78 is 1.63. The first-order valence-corrected chi connectivity index (χ1v) is 4.98. The van der Waals surface area contributed by atoms with Gasteiger partial charge in [0.1, 0.15) is 0 Å². The van der Waals surface area contributed by atoms with Crippen LogP contribution in [0.2, 0.25) is 5.02 Å². The zero-order valence-electron chi connectivity index (χ0n) is 7.33. The van der Waals surface area contributed by atoms with E-state index >= 15 is 0 Å². The van der Waals surface area contributed by atoms with Gasteiger partial charge in [-0.25, -0.2) is 0 Å². The average Bonchev–Trinajstić information content (AvgIpc) is 1.99. The molecule has 1 aromatic rings. The molecule has 0 fully saturated rings. The van der Waals surface area contributed by atoms with E-state index < -0.39 is 0 Å². The van der Waals surface area contributed by atoms with Crippen molar-refractivity contribution >= 4 is 27.5 Å². The molecule has 1 rings (SSSR count). The minimum atomic E-state index is 0.131. The average molecular weight is 266 g/mol. The molecule has 1 heterocycles. The summed E-state index contributed by atoms with van der Waals surface area (Å²) in [6.45, 7) is 3.87.